The van der Waals surface area contributed by atoms with Gasteiger partial charge in [-0.3, -0.25) is 9.48 Å². The molecule has 0 spiro atoms. The molecule has 1 fully saturated rings. The molecule has 2 heterocycles. The number of hydrogen-bond donors (Lipinski definition) is 1. The molecule has 1 saturated heterocycles. The summed E-state index contributed by atoms with van der Waals surface area (Å²) in [5.41, 5.74) is 2.98. The molecule has 1 N–H and O–H groups in total. The van der Waals surface area contributed by atoms with E-state index < -0.39 is 5.60 Å². The van der Waals surface area contributed by atoms with Crippen molar-refractivity contribution in [3.05, 3.63) is 46.8 Å². The van der Waals surface area contributed by atoms with E-state index in [1.165, 1.54) is 0 Å². The number of aryl methyl sites for hydroxylation is 3. The lowest BCUT2D eigenvalue weighted by molar-refractivity contribution is -0.130. The fraction of sp³-hybridized carbons (Fsp3) is 0.500. The predicted molar refractivity (Wildman–Crippen MR) is 99.2 cm³/mol. The van der Waals surface area contributed by atoms with Gasteiger partial charge in [0.05, 0.1) is 18.7 Å². The molecule has 0 aliphatic carbocycles. The maximum absolute atomic E-state index is 12.7. The lowest BCUT2D eigenvalue weighted by atomic mass is 10.1. The third-order valence-electron chi connectivity index (χ3n) is 5.17. The van der Waals surface area contributed by atoms with Crippen molar-refractivity contribution >= 4 is 5.91 Å². The fourth-order valence-electron chi connectivity index (χ4n) is 3.45. The molecular formula is C20H27N3O3. The van der Waals surface area contributed by atoms with Crippen LogP contribution in [0.15, 0.2) is 24.3 Å². The first-order chi connectivity index (χ1) is 12.3. The molecule has 0 unspecified atom stereocenters. The van der Waals surface area contributed by atoms with Crippen LogP contribution in [0.4, 0.5) is 0 Å². The second kappa shape index (κ2) is 7.11. The quantitative estimate of drug-likeness (QED) is 0.888. The summed E-state index contributed by atoms with van der Waals surface area (Å²) in [6.07, 6.45) is 0.843. The first-order valence-electron chi connectivity index (χ1n) is 8.96. The highest BCUT2D eigenvalue weighted by Gasteiger charge is 2.39. The van der Waals surface area contributed by atoms with Crippen LogP contribution < -0.4 is 4.74 Å². The Kier molecular flexibility index (Phi) is 5.05. The normalized spacial score (nSPS) is 19.8. The molecule has 26 heavy (non-hydrogen) atoms. The highest BCUT2D eigenvalue weighted by molar-refractivity contribution is 5.79. The molecule has 6 heteroatoms. The Bertz CT molecular complexity index is 815. The van der Waals surface area contributed by atoms with Crippen LogP contribution >= 0.6 is 0 Å². The molecule has 1 amide bonds. The van der Waals surface area contributed by atoms with Crippen molar-refractivity contribution in [2.24, 2.45) is 7.05 Å². The van der Waals surface area contributed by atoms with Gasteiger partial charge >= 0.3 is 0 Å². The van der Waals surface area contributed by atoms with Gasteiger partial charge in [0, 0.05) is 24.8 Å². The van der Waals surface area contributed by atoms with Gasteiger partial charge < -0.3 is 14.7 Å². The molecule has 1 aliphatic rings. The van der Waals surface area contributed by atoms with Gasteiger partial charge in [-0.25, -0.2) is 0 Å². The van der Waals surface area contributed by atoms with Crippen molar-refractivity contribution in [2.75, 3.05) is 19.7 Å². The van der Waals surface area contributed by atoms with Crippen LogP contribution in [0.25, 0.3) is 0 Å². The largest absolute Gasteiger partial charge is 0.491 e. The summed E-state index contributed by atoms with van der Waals surface area (Å²) in [6, 6.07) is 7.75. The van der Waals surface area contributed by atoms with Gasteiger partial charge in [-0.05, 0) is 44.9 Å². The summed E-state index contributed by atoms with van der Waals surface area (Å²) < 4.78 is 7.56. The van der Waals surface area contributed by atoms with E-state index in [0.29, 0.717) is 25.9 Å². The van der Waals surface area contributed by atoms with Crippen LogP contribution in [-0.2, 0) is 18.3 Å². The van der Waals surface area contributed by atoms with E-state index in [0.717, 1.165) is 28.3 Å². The summed E-state index contributed by atoms with van der Waals surface area (Å²) in [7, 11) is 1.88. The second-order valence-electron chi connectivity index (χ2n) is 7.34. The Hall–Kier alpha value is -2.34. The minimum absolute atomic E-state index is 0.0238. The zero-order valence-corrected chi connectivity index (χ0v) is 16.0. The van der Waals surface area contributed by atoms with Gasteiger partial charge in [-0.15, -0.1) is 0 Å². The molecule has 0 bridgehead atoms. The Morgan fingerprint density at radius 3 is 2.77 bits per heavy atom. The fourth-order valence-corrected chi connectivity index (χ4v) is 3.45. The van der Waals surface area contributed by atoms with Crippen molar-refractivity contribution in [1.82, 2.24) is 14.7 Å². The van der Waals surface area contributed by atoms with Crippen LogP contribution in [0, 0.1) is 20.8 Å². The number of carbonyl (C=O) groups excluding carboxylic acids is 1. The second-order valence-corrected chi connectivity index (χ2v) is 7.34. The van der Waals surface area contributed by atoms with Gasteiger partial charge in [0.1, 0.15) is 18.0 Å². The van der Waals surface area contributed by atoms with Crippen LogP contribution in [0.3, 0.4) is 0 Å². The Balaban J connectivity index is 1.59. The minimum atomic E-state index is -1.00. The van der Waals surface area contributed by atoms with Crippen LogP contribution in [0.5, 0.6) is 5.75 Å². The lowest BCUT2D eigenvalue weighted by Gasteiger charge is -2.24. The van der Waals surface area contributed by atoms with E-state index in [2.05, 4.69) is 5.10 Å². The third-order valence-corrected chi connectivity index (χ3v) is 5.17. The minimum Gasteiger partial charge on any atom is -0.491 e. The summed E-state index contributed by atoms with van der Waals surface area (Å²) in [5, 5.41) is 15.2. The third kappa shape index (κ3) is 3.90. The first kappa shape index (κ1) is 18.5. The van der Waals surface area contributed by atoms with Crippen molar-refractivity contribution in [3.8, 4) is 5.75 Å². The number of amides is 1. The Morgan fingerprint density at radius 2 is 2.12 bits per heavy atom. The van der Waals surface area contributed by atoms with E-state index in [1.807, 2.05) is 52.1 Å². The molecule has 1 atom stereocenters. The molecule has 0 saturated carbocycles. The van der Waals surface area contributed by atoms with Gasteiger partial charge in [-0.2, -0.15) is 5.10 Å². The number of nitrogens with zero attached hydrogens (tertiary/aromatic N) is 3. The molecule has 0 radical (unpaired) electrons. The SMILES string of the molecule is Cc1cccc(OC[C@]2(O)CCN(C(=O)Cc3c(C)nn(C)c3C)C2)c1. The van der Waals surface area contributed by atoms with Crippen molar-refractivity contribution in [1.29, 1.82) is 0 Å². The number of ether oxygens (including phenoxy) is 1. The molecular weight excluding hydrogens is 330 g/mol. The summed E-state index contributed by atoms with van der Waals surface area (Å²) >= 11 is 0. The average Bonchev–Trinajstić information content (AvgIpc) is 3.09. The molecule has 6 nitrogen and oxygen atoms in total. The highest BCUT2D eigenvalue weighted by atomic mass is 16.5. The van der Waals surface area contributed by atoms with Gasteiger partial charge in [0.25, 0.3) is 0 Å². The summed E-state index contributed by atoms with van der Waals surface area (Å²) in [5.74, 6) is 0.764. The predicted octanol–water partition coefficient (Wildman–Crippen LogP) is 1.93. The molecule has 1 aromatic heterocycles. The number of likely N-dealkylation sites (tertiary alicyclic amines) is 1. The smallest absolute Gasteiger partial charge is 0.227 e. The van der Waals surface area contributed by atoms with E-state index in [9.17, 15) is 9.90 Å². The van der Waals surface area contributed by atoms with Gasteiger partial charge in [-0.1, -0.05) is 12.1 Å². The van der Waals surface area contributed by atoms with Crippen LogP contribution in [0.1, 0.15) is 28.9 Å². The topological polar surface area (TPSA) is 67.6 Å². The maximum Gasteiger partial charge on any atom is 0.227 e. The van der Waals surface area contributed by atoms with Crippen molar-refractivity contribution < 1.29 is 14.6 Å². The maximum atomic E-state index is 12.7. The Labute approximate surface area is 154 Å². The van der Waals surface area contributed by atoms with Crippen LogP contribution in [0.2, 0.25) is 0 Å². The Morgan fingerprint density at radius 1 is 1.35 bits per heavy atom. The number of hydrogen-bond acceptors (Lipinski definition) is 4. The summed E-state index contributed by atoms with van der Waals surface area (Å²) in [4.78, 5) is 14.4. The standard InChI is InChI=1S/C20H27N3O3/c1-14-6-5-7-17(10-14)26-13-20(25)8-9-23(12-20)19(24)11-18-15(2)21-22(4)16(18)3/h5-7,10,25H,8-9,11-13H2,1-4H3/t20-/m0/s1. The van der Waals surface area contributed by atoms with Gasteiger partial charge in [0.2, 0.25) is 5.91 Å². The number of β-amino-alcohol motifs (C(OH)–C–C–N with tert-alkyl or cyclic N) is 1. The molecule has 3 rings (SSSR count). The zero-order chi connectivity index (χ0) is 18.9. The first-order valence-corrected chi connectivity index (χ1v) is 8.96. The number of aromatic nitrogens is 2. The van der Waals surface area contributed by atoms with E-state index >= 15 is 0 Å². The van der Waals surface area contributed by atoms with Crippen molar-refractivity contribution in [3.63, 3.8) is 0 Å². The lowest BCUT2D eigenvalue weighted by Crippen LogP contribution is -2.41. The number of benzene rings is 1. The molecule has 1 aliphatic heterocycles. The average molecular weight is 357 g/mol. The van der Waals surface area contributed by atoms with E-state index in [-0.39, 0.29) is 12.5 Å². The number of aliphatic hydroxyl groups is 1. The number of rotatable bonds is 5. The summed E-state index contributed by atoms with van der Waals surface area (Å²) in [6.45, 7) is 6.93. The van der Waals surface area contributed by atoms with Crippen LogP contribution in [-0.4, -0.2) is 51.0 Å². The van der Waals surface area contributed by atoms with E-state index in [1.54, 1.807) is 9.58 Å². The molecule has 140 valence electrons. The molecule has 1 aromatic carbocycles. The van der Waals surface area contributed by atoms with E-state index in [4.69, 9.17) is 4.74 Å². The highest BCUT2D eigenvalue weighted by Crippen LogP contribution is 2.25. The van der Waals surface area contributed by atoms with Crippen molar-refractivity contribution in [2.45, 2.75) is 39.2 Å². The zero-order valence-electron chi connectivity index (χ0n) is 16.0. The molecule has 2 aromatic rings. The monoisotopic (exact) mass is 357 g/mol. The number of carbonyl (C=O) groups is 1. The van der Waals surface area contributed by atoms with Gasteiger partial charge in [0.15, 0.2) is 0 Å².